The second kappa shape index (κ2) is 6.34. The van der Waals surface area contributed by atoms with E-state index in [1.165, 1.54) is 0 Å². The first kappa shape index (κ1) is 13.6. The van der Waals surface area contributed by atoms with Crippen molar-refractivity contribution >= 4 is 11.6 Å². The lowest BCUT2D eigenvalue weighted by molar-refractivity contribution is 0.570. The van der Waals surface area contributed by atoms with E-state index in [2.05, 4.69) is 17.3 Å². The minimum atomic E-state index is -0.796. The molecule has 0 atom stereocenters. The Labute approximate surface area is 99.8 Å². The molecular formula is C11H18F2N4. The van der Waals surface area contributed by atoms with E-state index in [4.69, 9.17) is 5.84 Å². The van der Waals surface area contributed by atoms with Crippen LogP contribution in [0.5, 0.6) is 0 Å². The quantitative estimate of drug-likeness (QED) is 0.458. The lowest BCUT2D eigenvalue weighted by Gasteiger charge is -2.19. The van der Waals surface area contributed by atoms with Gasteiger partial charge in [0.1, 0.15) is 0 Å². The predicted molar refractivity (Wildman–Crippen MR) is 64.8 cm³/mol. The van der Waals surface area contributed by atoms with Gasteiger partial charge in [-0.15, -0.1) is 0 Å². The molecule has 4 nitrogen and oxygen atoms in total. The minimum absolute atomic E-state index is 0.107. The third-order valence-corrected chi connectivity index (χ3v) is 2.51. The maximum atomic E-state index is 13.5. The van der Waals surface area contributed by atoms with E-state index in [-0.39, 0.29) is 11.6 Å². The smallest absolute Gasteiger partial charge is 0.178 e. The van der Waals surface area contributed by atoms with Crippen LogP contribution in [0.3, 0.4) is 0 Å². The number of nitrogens with one attached hydrogen (secondary N) is 1. The summed E-state index contributed by atoms with van der Waals surface area (Å²) >= 11 is 0. The van der Waals surface area contributed by atoms with E-state index in [1.807, 2.05) is 0 Å². The van der Waals surface area contributed by atoms with Crippen molar-refractivity contribution in [3.05, 3.63) is 17.7 Å². The average molecular weight is 244 g/mol. The molecule has 1 aromatic rings. The number of nitrogens with zero attached hydrogens (tertiary/aromatic N) is 2. The number of aromatic nitrogens is 1. The van der Waals surface area contributed by atoms with Crippen molar-refractivity contribution in [2.24, 2.45) is 5.84 Å². The van der Waals surface area contributed by atoms with Crippen LogP contribution in [-0.2, 0) is 0 Å². The number of hydrazine groups is 1. The summed E-state index contributed by atoms with van der Waals surface area (Å²) in [5.74, 6) is 3.58. The van der Waals surface area contributed by atoms with Crippen LogP contribution in [0.4, 0.5) is 20.4 Å². The number of hydrogen-bond acceptors (Lipinski definition) is 4. The minimum Gasteiger partial charge on any atom is -0.357 e. The van der Waals surface area contributed by atoms with Gasteiger partial charge in [0.05, 0.1) is 0 Å². The molecule has 0 aliphatic carbocycles. The van der Waals surface area contributed by atoms with Crippen molar-refractivity contribution < 1.29 is 8.78 Å². The molecule has 0 aromatic carbocycles. The third kappa shape index (κ3) is 3.52. The van der Waals surface area contributed by atoms with Crippen molar-refractivity contribution in [2.75, 3.05) is 23.9 Å². The van der Waals surface area contributed by atoms with Gasteiger partial charge < -0.3 is 10.3 Å². The van der Waals surface area contributed by atoms with Gasteiger partial charge in [-0.1, -0.05) is 19.8 Å². The molecule has 1 heterocycles. The Morgan fingerprint density at radius 1 is 1.35 bits per heavy atom. The first-order valence-corrected chi connectivity index (χ1v) is 5.64. The number of halogens is 2. The van der Waals surface area contributed by atoms with Gasteiger partial charge in [0.15, 0.2) is 23.3 Å². The van der Waals surface area contributed by atoms with E-state index in [0.29, 0.717) is 6.54 Å². The van der Waals surface area contributed by atoms with Crippen LogP contribution in [-0.4, -0.2) is 18.6 Å². The Hall–Kier alpha value is -1.43. The highest BCUT2D eigenvalue weighted by Gasteiger charge is 2.14. The molecule has 17 heavy (non-hydrogen) atoms. The summed E-state index contributed by atoms with van der Waals surface area (Å²) in [6, 6.07) is 0.786. The van der Waals surface area contributed by atoms with Gasteiger partial charge in [0, 0.05) is 19.7 Å². The molecule has 0 radical (unpaired) electrons. The number of hydrogen-bond donors (Lipinski definition) is 2. The fourth-order valence-electron chi connectivity index (χ4n) is 1.53. The van der Waals surface area contributed by atoms with Crippen LogP contribution in [0.1, 0.15) is 26.2 Å². The lowest BCUT2D eigenvalue weighted by Crippen LogP contribution is -2.22. The Morgan fingerprint density at radius 3 is 2.65 bits per heavy atom. The Morgan fingerprint density at radius 2 is 2.06 bits per heavy atom. The molecule has 0 amide bonds. The van der Waals surface area contributed by atoms with E-state index >= 15 is 0 Å². The Kier molecular flexibility index (Phi) is 5.09. The van der Waals surface area contributed by atoms with Gasteiger partial charge in [-0.2, -0.15) is 0 Å². The number of nitrogens with two attached hydrogens (primary N) is 1. The molecule has 1 rings (SSSR count). The summed E-state index contributed by atoms with van der Waals surface area (Å²) < 4.78 is 26.7. The summed E-state index contributed by atoms with van der Waals surface area (Å²) in [4.78, 5) is 5.47. The second-order valence-electron chi connectivity index (χ2n) is 3.90. The molecule has 3 N–H and O–H groups in total. The third-order valence-electron chi connectivity index (χ3n) is 2.51. The number of rotatable bonds is 6. The highest BCUT2D eigenvalue weighted by Crippen LogP contribution is 2.21. The van der Waals surface area contributed by atoms with Crippen molar-refractivity contribution in [1.82, 2.24) is 4.98 Å². The predicted octanol–water partition coefficient (Wildman–Crippen LogP) is 2.27. The van der Waals surface area contributed by atoms with Gasteiger partial charge in [-0.3, -0.25) is 0 Å². The highest BCUT2D eigenvalue weighted by atomic mass is 19.1. The van der Waals surface area contributed by atoms with Crippen molar-refractivity contribution in [1.29, 1.82) is 0 Å². The number of nitrogen functional groups attached to an aromatic ring is 1. The van der Waals surface area contributed by atoms with Crippen LogP contribution < -0.4 is 16.2 Å². The SMILES string of the molecule is CCCCCN(C)c1nc(NN)c(F)cc1F. The van der Waals surface area contributed by atoms with E-state index in [0.717, 1.165) is 25.3 Å². The van der Waals surface area contributed by atoms with Crippen molar-refractivity contribution in [3.63, 3.8) is 0 Å². The van der Waals surface area contributed by atoms with Crippen LogP contribution in [0, 0.1) is 11.6 Å². The molecule has 0 bridgehead atoms. The Bertz CT molecular complexity index is 371. The molecule has 1 aromatic heterocycles. The zero-order chi connectivity index (χ0) is 12.8. The normalized spacial score (nSPS) is 10.4. The summed E-state index contributed by atoms with van der Waals surface area (Å²) in [6.07, 6.45) is 3.09. The monoisotopic (exact) mass is 244 g/mol. The Balaban J connectivity index is 2.81. The highest BCUT2D eigenvalue weighted by molar-refractivity contribution is 5.48. The molecule has 6 heteroatoms. The second-order valence-corrected chi connectivity index (χ2v) is 3.90. The standard InChI is InChI=1S/C11H18F2N4/c1-3-4-5-6-17(2)11-9(13)7-8(12)10(15-11)16-14/h7H,3-6,14H2,1-2H3,(H,15,16). The fraction of sp³-hybridized carbons (Fsp3) is 0.545. The maximum absolute atomic E-state index is 13.5. The van der Waals surface area contributed by atoms with Crippen LogP contribution in [0.15, 0.2) is 6.07 Å². The lowest BCUT2D eigenvalue weighted by atomic mass is 10.2. The number of pyridine rings is 1. The molecule has 96 valence electrons. The molecular weight excluding hydrogens is 226 g/mol. The number of unbranched alkanes of at least 4 members (excludes halogenated alkanes) is 2. The summed E-state index contributed by atoms with van der Waals surface area (Å²) in [7, 11) is 1.72. The fourth-order valence-corrected chi connectivity index (χ4v) is 1.53. The maximum Gasteiger partial charge on any atom is 0.178 e. The average Bonchev–Trinajstić information content (AvgIpc) is 2.29. The van der Waals surface area contributed by atoms with Gasteiger partial charge >= 0.3 is 0 Å². The first-order valence-electron chi connectivity index (χ1n) is 5.64. The van der Waals surface area contributed by atoms with Crippen LogP contribution in [0.25, 0.3) is 0 Å². The van der Waals surface area contributed by atoms with E-state index in [9.17, 15) is 8.78 Å². The summed E-state index contributed by atoms with van der Waals surface area (Å²) in [5.41, 5.74) is 2.11. The number of anilines is 2. The molecule has 0 saturated heterocycles. The summed E-state index contributed by atoms with van der Waals surface area (Å²) in [6.45, 7) is 2.76. The van der Waals surface area contributed by atoms with Gasteiger partial charge in [-0.25, -0.2) is 19.6 Å². The molecule has 0 unspecified atom stereocenters. The van der Waals surface area contributed by atoms with Crippen molar-refractivity contribution in [2.45, 2.75) is 26.2 Å². The first-order chi connectivity index (χ1) is 8.10. The molecule has 0 spiro atoms. The van der Waals surface area contributed by atoms with E-state index in [1.54, 1.807) is 11.9 Å². The van der Waals surface area contributed by atoms with E-state index < -0.39 is 11.6 Å². The van der Waals surface area contributed by atoms with Gasteiger partial charge in [0.2, 0.25) is 0 Å². The molecule has 0 aliphatic rings. The van der Waals surface area contributed by atoms with Crippen molar-refractivity contribution in [3.8, 4) is 0 Å². The zero-order valence-electron chi connectivity index (χ0n) is 10.1. The van der Waals surface area contributed by atoms with Gasteiger partial charge in [-0.05, 0) is 6.42 Å². The molecule has 0 saturated carbocycles. The topological polar surface area (TPSA) is 54.2 Å². The van der Waals surface area contributed by atoms with Crippen LogP contribution in [0.2, 0.25) is 0 Å². The molecule has 0 aliphatic heterocycles. The zero-order valence-corrected chi connectivity index (χ0v) is 10.1. The van der Waals surface area contributed by atoms with Crippen LogP contribution >= 0.6 is 0 Å². The van der Waals surface area contributed by atoms with Gasteiger partial charge in [0.25, 0.3) is 0 Å². The summed E-state index contributed by atoms with van der Waals surface area (Å²) in [5, 5.41) is 0. The largest absolute Gasteiger partial charge is 0.357 e. The molecule has 0 fully saturated rings.